The molecule has 1 atom stereocenters. The number of amides is 2. The Balaban J connectivity index is 1.87. The average molecular weight is 388 g/mol. The van der Waals surface area contributed by atoms with Crippen molar-refractivity contribution in [2.75, 3.05) is 0 Å². The van der Waals surface area contributed by atoms with Crippen LogP contribution in [-0.2, 0) is 16.2 Å². The maximum atomic E-state index is 11.7. The van der Waals surface area contributed by atoms with Gasteiger partial charge in [0, 0.05) is 11.1 Å². The van der Waals surface area contributed by atoms with Crippen LogP contribution in [0.4, 0.5) is 0 Å². The van der Waals surface area contributed by atoms with Crippen LogP contribution < -0.4 is 15.5 Å². The van der Waals surface area contributed by atoms with Gasteiger partial charge < -0.3 is 10.1 Å². The predicted molar refractivity (Wildman–Crippen MR) is 106 cm³/mol. The third-order valence-electron chi connectivity index (χ3n) is 3.75. The first kappa shape index (κ1) is 20.5. The maximum Gasteiger partial charge on any atom is 0.329 e. The first-order valence-electron chi connectivity index (χ1n) is 8.59. The van der Waals surface area contributed by atoms with Crippen molar-refractivity contribution in [1.29, 1.82) is 0 Å². The van der Waals surface area contributed by atoms with E-state index in [-0.39, 0.29) is 6.04 Å². The molecule has 0 saturated carbocycles. The lowest BCUT2D eigenvalue weighted by atomic mass is 10.2. The number of hydrazone groups is 1. The van der Waals surface area contributed by atoms with Crippen LogP contribution in [0.1, 0.15) is 31.4 Å². The van der Waals surface area contributed by atoms with Crippen LogP contribution in [0.15, 0.2) is 53.6 Å². The van der Waals surface area contributed by atoms with E-state index in [2.05, 4.69) is 15.8 Å². The Morgan fingerprint density at radius 2 is 1.93 bits per heavy atom. The fourth-order valence-corrected chi connectivity index (χ4v) is 2.17. The molecule has 0 aliphatic carbocycles. The van der Waals surface area contributed by atoms with Gasteiger partial charge in [-0.05, 0) is 48.7 Å². The van der Waals surface area contributed by atoms with Gasteiger partial charge in [0.25, 0.3) is 0 Å². The van der Waals surface area contributed by atoms with E-state index in [1.807, 2.05) is 56.3 Å². The molecule has 27 heavy (non-hydrogen) atoms. The largest absolute Gasteiger partial charge is 0.489 e. The number of nitrogens with zero attached hydrogens (tertiary/aromatic N) is 1. The second kappa shape index (κ2) is 10.3. The van der Waals surface area contributed by atoms with Gasteiger partial charge in [-0.3, -0.25) is 9.59 Å². The molecule has 2 amide bonds. The Labute approximate surface area is 163 Å². The highest BCUT2D eigenvalue weighted by Gasteiger charge is 2.14. The topological polar surface area (TPSA) is 79.8 Å². The van der Waals surface area contributed by atoms with Crippen LogP contribution in [0.2, 0.25) is 5.02 Å². The Morgan fingerprint density at radius 3 is 2.63 bits per heavy atom. The molecule has 0 fully saturated rings. The monoisotopic (exact) mass is 387 g/mol. The van der Waals surface area contributed by atoms with Crippen LogP contribution in [0.25, 0.3) is 0 Å². The smallest absolute Gasteiger partial charge is 0.329 e. The highest BCUT2D eigenvalue weighted by Crippen LogP contribution is 2.15. The number of ether oxygens (including phenoxy) is 1. The van der Waals surface area contributed by atoms with Gasteiger partial charge >= 0.3 is 11.8 Å². The Kier molecular flexibility index (Phi) is 7.82. The van der Waals surface area contributed by atoms with Crippen molar-refractivity contribution >= 4 is 29.6 Å². The molecule has 2 aromatic carbocycles. The summed E-state index contributed by atoms with van der Waals surface area (Å²) in [5, 5.41) is 7.06. The summed E-state index contributed by atoms with van der Waals surface area (Å²) in [5.74, 6) is -0.849. The molecule has 2 N–H and O–H groups in total. The van der Waals surface area contributed by atoms with Crippen LogP contribution in [0.3, 0.4) is 0 Å². The van der Waals surface area contributed by atoms with Crippen LogP contribution in [0, 0.1) is 0 Å². The molecule has 0 aliphatic rings. The zero-order chi connectivity index (χ0) is 19.6. The van der Waals surface area contributed by atoms with Crippen LogP contribution >= 0.6 is 11.6 Å². The average Bonchev–Trinajstić information content (AvgIpc) is 2.67. The fraction of sp³-hybridized carbons (Fsp3) is 0.250. The number of hydrogen-bond donors (Lipinski definition) is 2. The summed E-state index contributed by atoms with van der Waals surface area (Å²) < 4.78 is 5.74. The molecule has 0 radical (unpaired) electrons. The Bertz CT molecular complexity index is 806. The van der Waals surface area contributed by atoms with Gasteiger partial charge in [0.15, 0.2) is 0 Å². The van der Waals surface area contributed by atoms with Crippen molar-refractivity contribution in [3.05, 3.63) is 64.7 Å². The zero-order valence-electron chi connectivity index (χ0n) is 15.2. The molecule has 142 valence electrons. The third kappa shape index (κ3) is 7.11. The molecule has 0 aliphatic heterocycles. The molecular weight excluding hydrogens is 366 g/mol. The normalized spacial score (nSPS) is 11.8. The van der Waals surface area contributed by atoms with Gasteiger partial charge in [0.2, 0.25) is 0 Å². The van der Waals surface area contributed by atoms with Crippen LogP contribution in [0.5, 0.6) is 5.75 Å². The molecule has 0 aromatic heterocycles. The second-order valence-corrected chi connectivity index (χ2v) is 6.41. The van der Waals surface area contributed by atoms with Crippen molar-refractivity contribution in [3.63, 3.8) is 0 Å². The summed E-state index contributed by atoms with van der Waals surface area (Å²) in [5.41, 5.74) is 3.93. The number of halogens is 1. The summed E-state index contributed by atoms with van der Waals surface area (Å²) in [7, 11) is 0. The van der Waals surface area contributed by atoms with Crippen LogP contribution in [-0.4, -0.2) is 24.1 Å². The molecule has 0 heterocycles. The minimum absolute atomic E-state index is 0.0679. The third-order valence-corrected chi connectivity index (χ3v) is 4.00. The summed E-state index contributed by atoms with van der Waals surface area (Å²) in [6.45, 7) is 4.15. The number of carbonyl (C=O) groups is 2. The molecule has 0 spiro atoms. The van der Waals surface area contributed by atoms with E-state index in [1.165, 1.54) is 6.21 Å². The highest BCUT2D eigenvalue weighted by atomic mass is 35.5. The molecule has 2 aromatic rings. The van der Waals surface area contributed by atoms with Gasteiger partial charge in [-0.2, -0.15) is 5.10 Å². The predicted octanol–water partition coefficient (Wildman–Crippen LogP) is 3.28. The standard InChI is InChI=1S/C20H22ClN3O3/c1-3-14(2)23-19(25)20(26)24-22-12-16-5-4-6-18(11-16)27-13-15-7-9-17(21)10-8-15/h4-12,14H,3,13H2,1-2H3,(H,23,25)(H,24,26)/b22-12-/t14-/m0/s1. The zero-order valence-corrected chi connectivity index (χ0v) is 16.0. The molecule has 2 rings (SSSR count). The molecule has 0 unspecified atom stereocenters. The number of hydrogen-bond acceptors (Lipinski definition) is 4. The van der Waals surface area contributed by atoms with Gasteiger partial charge in [-0.1, -0.05) is 42.8 Å². The summed E-state index contributed by atoms with van der Waals surface area (Å²) >= 11 is 5.86. The van der Waals surface area contributed by atoms with E-state index in [1.54, 1.807) is 6.07 Å². The quantitative estimate of drug-likeness (QED) is 0.434. The van der Waals surface area contributed by atoms with Crippen molar-refractivity contribution in [2.24, 2.45) is 5.10 Å². The van der Waals surface area contributed by atoms with Gasteiger partial charge in [0.05, 0.1) is 6.21 Å². The number of benzene rings is 2. The lowest BCUT2D eigenvalue weighted by molar-refractivity contribution is -0.139. The molecule has 0 bridgehead atoms. The molecule has 0 saturated heterocycles. The summed E-state index contributed by atoms with van der Waals surface area (Å²) in [4.78, 5) is 23.3. The number of rotatable bonds is 7. The lowest BCUT2D eigenvalue weighted by Crippen LogP contribution is -2.41. The van der Waals surface area contributed by atoms with Gasteiger partial charge in [-0.25, -0.2) is 5.43 Å². The minimum atomic E-state index is -0.804. The van der Waals surface area contributed by atoms with Crippen molar-refractivity contribution in [2.45, 2.75) is 32.9 Å². The Hall–Kier alpha value is -2.86. The van der Waals surface area contributed by atoms with E-state index in [0.717, 1.165) is 17.5 Å². The van der Waals surface area contributed by atoms with Crippen molar-refractivity contribution in [1.82, 2.24) is 10.7 Å². The fourth-order valence-electron chi connectivity index (χ4n) is 2.04. The summed E-state index contributed by atoms with van der Waals surface area (Å²) in [6, 6.07) is 14.6. The van der Waals surface area contributed by atoms with Crippen molar-refractivity contribution in [3.8, 4) is 5.75 Å². The van der Waals surface area contributed by atoms with E-state index >= 15 is 0 Å². The highest BCUT2D eigenvalue weighted by molar-refractivity contribution is 6.35. The van der Waals surface area contributed by atoms with Gasteiger partial charge in [0.1, 0.15) is 12.4 Å². The van der Waals surface area contributed by atoms with E-state index < -0.39 is 11.8 Å². The Morgan fingerprint density at radius 1 is 1.19 bits per heavy atom. The summed E-state index contributed by atoms with van der Waals surface area (Å²) in [6.07, 6.45) is 2.19. The number of carbonyl (C=O) groups excluding carboxylic acids is 2. The first-order chi connectivity index (χ1) is 13.0. The molecule has 7 heteroatoms. The molecular formula is C20H22ClN3O3. The van der Waals surface area contributed by atoms with E-state index in [0.29, 0.717) is 17.4 Å². The van der Waals surface area contributed by atoms with E-state index in [9.17, 15) is 9.59 Å². The lowest BCUT2D eigenvalue weighted by Gasteiger charge is -2.09. The second-order valence-electron chi connectivity index (χ2n) is 5.97. The van der Waals surface area contributed by atoms with Gasteiger partial charge in [-0.15, -0.1) is 0 Å². The first-order valence-corrected chi connectivity index (χ1v) is 8.97. The SMILES string of the molecule is CC[C@H](C)NC(=O)C(=O)N/N=C\c1cccc(OCc2ccc(Cl)cc2)c1. The minimum Gasteiger partial charge on any atom is -0.489 e. The molecule has 6 nitrogen and oxygen atoms in total. The maximum absolute atomic E-state index is 11.7. The van der Waals surface area contributed by atoms with E-state index in [4.69, 9.17) is 16.3 Å². The number of nitrogens with one attached hydrogen (secondary N) is 2. The van der Waals surface area contributed by atoms with Crippen molar-refractivity contribution < 1.29 is 14.3 Å².